The molecule has 0 bridgehead atoms. The number of aryl methyl sites for hydroxylation is 1. The average molecular weight is 428 g/mol. The van der Waals surface area contributed by atoms with Gasteiger partial charge in [-0.2, -0.15) is 0 Å². The van der Waals surface area contributed by atoms with Gasteiger partial charge in [0, 0.05) is 15.4 Å². The molecule has 148 valence electrons. The van der Waals surface area contributed by atoms with Crippen LogP contribution >= 0.6 is 11.8 Å². The van der Waals surface area contributed by atoms with E-state index in [9.17, 15) is 4.79 Å². The van der Waals surface area contributed by atoms with Crippen LogP contribution < -0.4 is 0 Å². The van der Waals surface area contributed by atoms with Crippen molar-refractivity contribution in [1.82, 2.24) is 0 Å². The van der Waals surface area contributed by atoms with Gasteiger partial charge in [0.05, 0.1) is 10.9 Å². The average Bonchev–Trinajstić information content (AvgIpc) is 2.77. The lowest BCUT2D eigenvalue weighted by molar-refractivity contribution is 0.101. The number of hydrogen-bond acceptors (Lipinski definition) is 2. The van der Waals surface area contributed by atoms with Gasteiger partial charge in [-0.15, -0.1) is 0 Å². The molecule has 0 aromatic heterocycles. The monoisotopic (exact) mass is 427 g/mol. The highest BCUT2D eigenvalue weighted by Crippen LogP contribution is 2.34. The Morgan fingerprint density at radius 1 is 0.633 bits per heavy atom. The molecule has 4 rings (SSSR count). The normalized spacial score (nSPS) is 11.8. The lowest BCUT2D eigenvalue weighted by Crippen LogP contribution is -2.05. The van der Waals surface area contributed by atoms with E-state index in [1.165, 1.54) is 30.0 Å². The van der Waals surface area contributed by atoms with Crippen LogP contribution in [0, 0.1) is 6.92 Å². The number of benzene rings is 4. The van der Waals surface area contributed by atoms with Gasteiger partial charge in [-0.25, -0.2) is 0 Å². The van der Waals surface area contributed by atoms with E-state index < -0.39 is 0 Å². The standard InChI is InChI=1S/C27H23OS2/c1-20-8-14-25(15-9-20)30(26-16-10-22(11-17-26)21(2)28)27-18-12-24(13-19-27)29-23-6-4-3-5-7-23/h3-19H,1-2H3/q+1. The summed E-state index contributed by atoms with van der Waals surface area (Å²) >= 11 is 1.77. The van der Waals surface area contributed by atoms with Crippen LogP contribution in [-0.4, -0.2) is 5.78 Å². The first kappa shape index (κ1) is 20.5. The Hall–Kier alpha value is -2.75. The first-order valence-electron chi connectivity index (χ1n) is 9.85. The molecule has 4 aromatic carbocycles. The van der Waals surface area contributed by atoms with Gasteiger partial charge >= 0.3 is 0 Å². The van der Waals surface area contributed by atoms with Crippen LogP contribution in [0.4, 0.5) is 0 Å². The molecule has 0 saturated heterocycles. The molecule has 0 spiro atoms. The zero-order chi connectivity index (χ0) is 20.9. The summed E-state index contributed by atoms with van der Waals surface area (Å²) in [7, 11) is -0.220. The Morgan fingerprint density at radius 3 is 1.63 bits per heavy atom. The fourth-order valence-electron chi connectivity index (χ4n) is 3.18. The Bertz CT molecular complexity index is 1120. The van der Waals surface area contributed by atoms with Gasteiger partial charge in [0.25, 0.3) is 0 Å². The third kappa shape index (κ3) is 4.86. The first-order valence-corrected chi connectivity index (χ1v) is 11.9. The summed E-state index contributed by atoms with van der Waals surface area (Å²) in [5.41, 5.74) is 2.00. The van der Waals surface area contributed by atoms with Crippen LogP contribution in [0.1, 0.15) is 22.8 Å². The van der Waals surface area contributed by atoms with E-state index in [1.54, 1.807) is 18.7 Å². The predicted octanol–water partition coefficient (Wildman–Crippen LogP) is 7.44. The van der Waals surface area contributed by atoms with Gasteiger partial charge in [0.15, 0.2) is 20.5 Å². The number of Topliss-reactive ketones (excluding diaryl/α,β-unsaturated/α-hetero) is 1. The quantitative estimate of drug-likeness (QED) is 0.235. The van der Waals surface area contributed by atoms with Crippen LogP contribution in [0.3, 0.4) is 0 Å². The zero-order valence-corrected chi connectivity index (χ0v) is 18.7. The topological polar surface area (TPSA) is 17.1 Å². The van der Waals surface area contributed by atoms with Crippen LogP contribution in [0.5, 0.6) is 0 Å². The predicted molar refractivity (Wildman–Crippen MR) is 127 cm³/mol. The van der Waals surface area contributed by atoms with E-state index in [0.717, 1.165) is 5.56 Å². The van der Waals surface area contributed by atoms with E-state index in [-0.39, 0.29) is 16.7 Å². The van der Waals surface area contributed by atoms with E-state index in [4.69, 9.17) is 0 Å². The molecule has 1 unspecified atom stereocenters. The fraction of sp³-hybridized carbons (Fsp3) is 0.0741. The largest absolute Gasteiger partial charge is 0.295 e. The summed E-state index contributed by atoms with van der Waals surface area (Å²) in [5.74, 6) is 0.0964. The number of carbonyl (C=O) groups is 1. The van der Waals surface area contributed by atoms with Crippen molar-refractivity contribution in [1.29, 1.82) is 0 Å². The number of ketones is 1. The highest BCUT2D eigenvalue weighted by atomic mass is 32.2. The number of carbonyl (C=O) groups excluding carboxylic acids is 1. The lowest BCUT2D eigenvalue weighted by atomic mass is 10.2. The van der Waals surface area contributed by atoms with Gasteiger partial charge in [-0.1, -0.05) is 47.7 Å². The van der Waals surface area contributed by atoms with Crippen molar-refractivity contribution in [3.05, 3.63) is 114 Å². The van der Waals surface area contributed by atoms with Crippen LogP contribution in [0.15, 0.2) is 128 Å². The number of rotatable bonds is 6. The fourth-order valence-corrected chi connectivity index (χ4v) is 6.06. The summed E-state index contributed by atoms with van der Waals surface area (Å²) in [6, 6.07) is 36.1. The van der Waals surface area contributed by atoms with Crippen molar-refractivity contribution in [2.24, 2.45) is 0 Å². The molecule has 0 saturated carbocycles. The molecule has 0 radical (unpaired) electrons. The van der Waals surface area contributed by atoms with E-state index in [2.05, 4.69) is 91.9 Å². The van der Waals surface area contributed by atoms with Crippen molar-refractivity contribution in [2.75, 3.05) is 0 Å². The Balaban J connectivity index is 1.68. The second kappa shape index (κ2) is 9.38. The molecule has 0 N–H and O–H groups in total. The van der Waals surface area contributed by atoms with Crippen molar-refractivity contribution in [3.63, 3.8) is 0 Å². The van der Waals surface area contributed by atoms with Crippen molar-refractivity contribution < 1.29 is 4.79 Å². The van der Waals surface area contributed by atoms with Gasteiger partial charge in [-0.3, -0.25) is 4.79 Å². The highest BCUT2D eigenvalue weighted by Gasteiger charge is 2.28. The molecule has 0 fully saturated rings. The summed E-state index contributed by atoms with van der Waals surface area (Å²) < 4.78 is 0. The van der Waals surface area contributed by atoms with Gasteiger partial charge in [0.1, 0.15) is 0 Å². The van der Waals surface area contributed by atoms with Gasteiger partial charge < -0.3 is 0 Å². The molecule has 1 nitrogen and oxygen atoms in total. The molecule has 1 atom stereocenters. The van der Waals surface area contributed by atoms with Gasteiger partial charge in [0.2, 0.25) is 0 Å². The van der Waals surface area contributed by atoms with Crippen LogP contribution in [0.2, 0.25) is 0 Å². The molecular formula is C27H23OS2+. The van der Waals surface area contributed by atoms with Crippen molar-refractivity contribution in [2.45, 2.75) is 38.3 Å². The maximum Gasteiger partial charge on any atom is 0.166 e. The SMILES string of the molecule is CC(=O)c1ccc([S+](c2ccc(C)cc2)c2ccc(Sc3ccccc3)cc2)cc1. The third-order valence-electron chi connectivity index (χ3n) is 4.79. The molecule has 0 aliphatic heterocycles. The lowest BCUT2D eigenvalue weighted by Gasteiger charge is -2.10. The molecule has 30 heavy (non-hydrogen) atoms. The summed E-state index contributed by atoms with van der Waals surface area (Å²) in [4.78, 5) is 17.9. The van der Waals surface area contributed by atoms with Crippen LogP contribution in [0.25, 0.3) is 0 Å². The molecule has 3 heteroatoms. The minimum absolute atomic E-state index is 0.0964. The maximum atomic E-state index is 11.7. The third-order valence-corrected chi connectivity index (χ3v) is 8.04. The van der Waals surface area contributed by atoms with Crippen molar-refractivity contribution >= 4 is 28.4 Å². The molecule has 0 heterocycles. The minimum Gasteiger partial charge on any atom is -0.295 e. The minimum atomic E-state index is -0.220. The number of hydrogen-bond donors (Lipinski definition) is 0. The van der Waals surface area contributed by atoms with E-state index in [1.807, 2.05) is 18.2 Å². The summed E-state index contributed by atoms with van der Waals surface area (Å²) in [5, 5.41) is 0. The Kier molecular flexibility index (Phi) is 6.41. The molecule has 4 aromatic rings. The summed E-state index contributed by atoms with van der Waals surface area (Å²) in [6.07, 6.45) is 0. The Morgan fingerprint density at radius 2 is 1.10 bits per heavy atom. The maximum absolute atomic E-state index is 11.7. The van der Waals surface area contributed by atoms with E-state index >= 15 is 0 Å². The summed E-state index contributed by atoms with van der Waals surface area (Å²) in [6.45, 7) is 3.72. The smallest absolute Gasteiger partial charge is 0.166 e. The highest BCUT2D eigenvalue weighted by molar-refractivity contribution is 7.99. The van der Waals surface area contributed by atoms with Crippen LogP contribution in [-0.2, 0) is 10.9 Å². The molecular weight excluding hydrogens is 404 g/mol. The molecule has 0 aliphatic rings. The molecule has 0 amide bonds. The molecule has 0 aliphatic carbocycles. The van der Waals surface area contributed by atoms with E-state index in [0.29, 0.717) is 0 Å². The van der Waals surface area contributed by atoms with Crippen molar-refractivity contribution in [3.8, 4) is 0 Å². The first-order chi connectivity index (χ1) is 14.6. The zero-order valence-electron chi connectivity index (χ0n) is 17.0. The second-order valence-electron chi connectivity index (χ2n) is 7.09. The Labute approximate surface area is 185 Å². The second-order valence-corrected chi connectivity index (χ2v) is 10.3. The van der Waals surface area contributed by atoms with Gasteiger partial charge in [-0.05, 0) is 86.6 Å².